The molecule has 4 heteroatoms. The molecule has 1 aliphatic heterocycles. The van der Waals surface area contributed by atoms with E-state index in [1.165, 1.54) is 0 Å². The van der Waals surface area contributed by atoms with E-state index in [4.69, 9.17) is 9.47 Å². The van der Waals surface area contributed by atoms with Crippen molar-refractivity contribution in [3.05, 3.63) is 29.3 Å². The molecule has 0 aromatic heterocycles. The lowest BCUT2D eigenvalue weighted by molar-refractivity contribution is -0.153. The molecule has 4 nitrogen and oxygen atoms in total. The quantitative estimate of drug-likeness (QED) is 0.834. The molecule has 0 bridgehead atoms. The number of aliphatic hydroxyl groups is 1. The van der Waals surface area contributed by atoms with Crippen molar-refractivity contribution in [2.24, 2.45) is 0 Å². The van der Waals surface area contributed by atoms with Crippen LogP contribution in [0, 0.1) is 0 Å². The minimum atomic E-state index is -1.25. The molecule has 0 saturated carbocycles. The fourth-order valence-electron chi connectivity index (χ4n) is 2.13. The van der Waals surface area contributed by atoms with Crippen LogP contribution in [-0.4, -0.2) is 23.3 Å². The van der Waals surface area contributed by atoms with Gasteiger partial charge in [-0.2, -0.15) is 0 Å². The molecule has 0 fully saturated rings. The Bertz CT molecular complexity index is 465. The van der Waals surface area contributed by atoms with Crippen LogP contribution in [0.15, 0.2) is 18.2 Å². The summed E-state index contributed by atoms with van der Waals surface area (Å²) in [5.74, 6) is 0.107. The number of carbonyl (C=O) groups excluding carboxylic acids is 1. The number of aliphatic hydroxyl groups excluding tert-OH is 1. The van der Waals surface area contributed by atoms with E-state index in [0.717, 1.165) is 17.7 Å². The average molecular weight is 250 g/mol. The number of benzene rings is 1. The van der Waals surface area contributed by atoms with Crippen LogP contribution in [0.25, 0.3) is 0 Å². The Kier molecular flexibility index (Phi) is 3.30. The Balaban J connectivity index is 2.21. The summed E-state index contributed by atoms with van der Waals surface area (Å²) in [5.41, 5.74) is 1.38. The Labute approximate surface area is 107 Å². The molecule has 1 aromatic carbocycles. The predicted octanol–water partition coefficient (Wildman–Crippen LogP) is 2.00. The van der Waals surface area contributed by atoms with Gasteiger partial charge in [0.15, 0.2) is 6.10 Å². The minimum absolute atomic E-state index is 0.226. The van der Waals surface area contributed by atoms with Crippen LogP contribution in [-0.2, 0) is 16.0 Å². The van der Waals surface area contributed by atoms with E-state index in [1.54, 1.807) is 19.1 Å². The average Bonchev–Trinajstić information content (AvgIpc) is 2.60. The highest BCUT2D eigenvalue weighted by molar-refractivity contribution is 5.76. The van der Waals surface area contributed by atoms with Crippen molar-refractivity contribution in [2.45, 2.75) is 38.9 Å². The third-order valence-corrected chi connectivity index (χ3v) is 2.92. The maximum atomic E-state index is 11.5. The largest absolute Gasteiger partial charge is 0.487 e. The zero-order chi connectivity index (χ0) is 13.3. The van der Waals surface area contributed by atoms with E-state index in [9.17, 15) is 9.90 Å². The Morgan fingerprint density at radius 3 is 2.94 bits per heavy atom. The van der Waals surface area contributed by atoms with Gasteiger partial charge in [0, 0.05) is 6.42 Å². The van der Waals surface area contributed by atoms with Gasteiger partial charge in [-0.25, -0.2) is 4.79 Å². The summed E-state index contributed by atoms with van der Waals surface area (Å²) in [6.45, 7) is 5.98. The topological polar surface area (TPSA) is 55.8 Å². The molecule has 1 N–H and O–H groups in total. The van der Waals surface area contributed by atoms with E-state index in [2.05, 4.69) is 0 Å². The normalized spacial score (nSPS) is 17.8. The van der Waals surface area contributed by atoms with Crippen molar-refractivity contribution in [2.75, 3.05) is 6.61 Å². The van der Waals surface area contributed by atoms with Gasteiger partial charge in [-0.3, -0.25) is 0 Å². The van der Waals surface area contributed by atoms with Gasteiger partial charge in [0.1, 0.15) is 11.4 Å². The highest BCUT2D eigenvalue weighted by Gasteiger charge is 2.31. The second-order valence-corrected chi connectivity index (χ2v) is 5.06. The van der Waals surface area contributed by atoms with Gasteiger partial charge in [0.2, 0.25) is 0 Å². The lowest BCUT2D eigenvalue weighted by atomic mass is 10.00. The molecule has 1 atom stereocenters. The van der Waals surface area contributed by atoms with E-state index >= 15 is 0 Å². The number of rotatable bonds is 3. The van der Waals surface area contributed by atoms with Crippen LogP contribution in [0.4, 0.5) is 0 Å². The molecule has 1 aliphatic rings. The fourth-order valence-corrected chi connectivity index (χ4v) is 2.13. The number of fused-ring (bicyclic) bond motifs is 1. The molecule has 1 aromatic rings. The highest BCUT2D eigenvalue weighted by atomic mass is 16.5. The van der Waals surface area contributed by atoms with Gasteiger partial charge < -0.3 is 14.6 Å². The van der Waals surface area contributed by atoms with Crippen molar-refractivity contribution in [3.8, 4) is 5.75 Å². The minimum Gasteiger partial charge on any atom is -0.487 e. The van der Waals surface area contributed by atoms with Gasteiger partial charge in [0.25, 0.3) is 0 Å². The molecule has 0 radical (unpaired) electrons. The molecular weight excluding hydrogens is 232 g/mol. The van der Waals surface area contributed by atoms with Gasteiger partial charge in [0.05, 0.1) is 6.61 Å². The summed E-state index contributed by atoms with van der Waals surface area (Å²) in [6.07, 6.45) is -0.416. The summed E-state index contributed by atoms with van der Waals surface area (Å²) in [7, 11) is 0. The lowest BCUT2D eigenvalue weighted by Gasteiger charge is -2.17. The van der Waals surface area contributed by atoms with Gasteiger partial charge >= 0.3 is 5.97 Å². The van der Waals surface area contributed by atoms with Crippen LogP contribution in [0.5, 0.6) is 5.75 Å². The fraction of sp³-hybridized carbons (Fsp3) is 0.500. The predicted molar refractivity (Wildman–Crippen MR) is 66.4 cm³/mol. The van der Waals surface area contributed by atoms with Crippen LogP contribution >= 0.6 is 0 Å². The van der Waals surface area contributed by atoms with E-state index < -0.39 is 12.1 Å². The first kappa shape index (κ1) is 12.9. The first-order valence-electron chi connectivity index (χ1n) is 6.09. The third-order valence-electron chi connectivity index (χ3n) is 2.92. The number of carbonyl (C=O) groups is 1. The standard InChI is InChI=1S/C14H18O4/c1-4-17-13(16)12(15)9-5-6-10-8-14(2,3)18-11(10)7-9/h5-7,12,15H,4,8H2,1-3H3. The summed E-state index contributed by atoms with van der Waals surface area (Å²) >= 11 is 0. The SMILES string of the molecule is CCOC(=O)C(O)c1ccc2c(c1)OC(C)(C)C2. The Morgan fingerprint density at radius 2 is 2.28 bits per heavy atom. The second-order valence-electron chi connectivity index (χ2n) is 5.06. The van der Waals surface area contributed by atoms with Crippen LogP contribution < -0.4 is 4.74 Å². The zero-order valence-electron chi connectivity index (χ0n) is 10.9. The highest BCUT2D eigenvalue weighted by Crippen LogP contribution is 2.36. The molecule has 0 amide bonds. The summed E-state index contributed by atoms with van der Waals surface area (Å²) < 4.78 is 10.6. The maximum absolute atomic E-state index is 11.5. The first-order chi connectivity index (χ1) is 8.43. The van der Waals surface area contributed by atoms with Crippen molar-refractivity contribution in [1.82, 2.24) is 0 Å². The molecular formula is C14H18O4. The second kappa shape index (κ2) is 4.61. The van der Waals surface area contributed by atoms with E-state index in [0.29, 0.717) is 5.56 Å². The Morgan fingerprint density at radius 1 is 1.56 bits per heavy atom. The monoisotopic (exact) mass is 250 g/mol. The first-order valence-corrected chi connectivity index (χ1v) is 6.09. The number of hydrogen-bond acceptors (Lipinski definition) is 4. The maximum Gasteiger partial charge on any atom is 0.339 e. The molecule has 1 heterocycles. The molecule has 0 aliphatic carbocycles. The molecule has 1 unspecified atom stereocenters. The zero-order valence-corrected chi connectivity index (χ0v) is 10.9. The molecule has 0 spiro atoms. The summed E-state index contributed by atoms with van der Waals surface area (Å²) in [5, 5.41) is 9.85. The Hall–Kier alpha value is -1.55. The number of ether oxygens (including phenoxy) is 2. The number of esters is 1. The summed E-state index contributed by atoms with van der Waals surface area (Å²) in [6, 6.07) is 5.35. The summed E-state index contributed by atoms with van der Waals surface area (Å²) in [4.78, 5) is 11.5. The van der Waals surface area contributed by atoms with Crippen molar-refractivity contribution in [1.29, 1.82) is 0 Å². The van der Waals surface area contributed by atoms with E-state index in [1.807, 2.05) is 19.9 Å². The van der Waals surface area contributed by atoms with Gasteiger partial charge in [-0.05, 0) is 38.0 Å². The molecule has 98 valence electrons. The lowest BCUT2D eigenvalue weighted by Crippen LogP contribution is -2.24. The van der Waals surface area contributed by atoms with E-state index in [-0.39, 0.29) is 12.2 Å². The van der Waals surface area contributed by atoms with Crippen molar-refractivity contribution in [3.63, 3.8) is 0 Å². The molecule has 0 saturated heterocycles. The smallest absolute Gasteiger partial charge is 0.339 e. The van der Waals surface area contributed by atoms with Crippen molar-refractivity contribution < 1.29 is 19.4 Å². The van der Waals surface area contributed by atoms with Crippen LogP contribution in [0.3, 0.4) is 0 Å². The third kappa shape index (κ3) is 2.48. The number of hydrogen-bond donors (Lipinski definition) is 1. The van der Waals surface area contributed by atoms with Gasteiger partial charge in [-0.1, -0.05) is 12.1 Å². The van der Waals surface area contributed by atoms with Crippen molar-refractivity contribution >= 4 is 5.97 Å². The molecule has 2 rings (SSSR count). The van der Waals surface area contributed by atoms with Gasteiger partial charge in [-0.15, -0.1) is 0 Å². The molecule has 18 heavy (non-hydrogen) atoms. The van der Waals surface area contributed by atoms with Crippen LogP contribution in [0.1, 0.15) is 38.0 Å². The van der Waals surface area contributed by atoms with Crippen LogP contribution in [0.2, 0.25) is 0 Å².